The first-order chi connectivity index (χ1) is 8.07. The summed E-state index contributed by atoms with van der Waals surface area (Å²) in [4.78, 5) is 11.5. The molecule has 17 heavy (non-hydrogen) atoms. The normalized spacial score (nSPS) is 12.8. The highest BCUT2D eigenvalue weighted by molar-refractivity contribution is 5.78. The van der Waals surface area contributed by atoms with Crippen LogP contribution in [0.3, 0.4) is 0 Å². The number of hydrogen-bond acceptors (Lipinski definition) is 3. The van der Waals surface area contributed by atoms with Gasteiger partial charge in [0.2, 0.25) is 5.91 Å². The number of methoxy groups -OCH3 is 1. The zero-order chi connectivity index (χ0) is 13.1. The monoisotopic (exact) mass is 244 g/mol. The first-order valence-electron chi connectivity index (χ1n) is 6.57. The predicted molar refractivity (Wildman–Crippen MR) is 71.0 cm³/mol. The van der Waals surface area contributed by atoms with E-state index in [4.69, 9.17) is 4.74 Å². The van der Waals surface area contributed by atoms with Gasteiger partial charge in [-0.3, -0.25) is 4.79 Å². The lowest BCUT2D eigenvalue weighted by atomic mass is 10.1. The van der Waals surface area contributed by atoms with Gasteiger partial charge in [-0.15, -0.1) is 0 Å². The van der Waals surface area contributed by atoms with Crippen molar-refractivity contribution in [2.24, 2.45) is 5.92 Å². The predicted octanol–water partition coefficient (Wildman–Crippen LogP) is 1.55. The Kier molecular flexibility index (Phi) is 10.2. The van der Waals surface area contributed by atoms with Crippen molar-refractivity contribution in [1.82, 2.24) is 10.6 Å². The topological polar surface area (TPSA) is 50.4 Å². The Morgan fingerprint density at radius 2 is 1.88 bits per heavy atom. The van der Waals surface area contributed by atoms with Crippen molar-refractivity contribution >= 4 is 5.91 Å². The molecule has 0 rings (SSSR count). The van der Waals surface area contributed by atoms with Crippen molar-refractivity contribution in [3.8, 4) is 0 Å². The Morgan fingerprint density at radius 1 is 1.18 bits per heavy atom. The smallest absolute Gasteiger partial charge is 0.234 e. The van der Waals surface area contributed by atoms with Gasteiger partial charge in [-0.05, 0) is 38.6 Å². The molecule has 0 aromatic heterocycles. The Bertz CT molecular complexity index is 196. The van der Waals surface area contributed by atoms with Crippen LogP contribution in [0.5, 0.6) is 0 Å². The second-order valence-electron chi connectivity index (χ2n) is 4.83. The molecule has 102 valence electrons. The first-order valence-corrected chi connectivity index (χ1v) is 6.57. The average molecular weight is 244 g/mol. The number of hydrogen-bond donors (Lipinski definition) is 2. The molecule has 0 aliphatic carbocycles. The van der Waals surface area contributed by atoms with Gasteiger partial charge < -0.3 is 15.4 Å². The van der Waals surface area contributed by atoms with E-state index in [0.717, 1.165) is 32.4 Å². The number of carbonyl (C=O) groups excluding carboxylic acids is 1. The zero-order valence-electron chi connectivity index (χ0n) is 11.7. The summed E-state index contributed by atoms with van der Waals surface area (Å²) in [7, 11) is 1.72. The van der Waals surface area contributed by atoms with Crippen molar-refractivity contribution in [2.75, 3.05) is 26.8 Å². The van der Waals surface area contributed by atoms with Crippen molar-refractivity contribution in [3.63, 3.8) is 0 Å². The molecule has 0 aliphatic rings. The van der Waals surface area contributed by atoms with Crippen LogP contribution in [-0.2, 0) is 9.53 Å². The average Bonchev–Trinajstić information content (AvgIpc) is 2.27. The van der Waals surface area contributed by atoms with Crippen LogP contribution in [0.25, 0.3) is 0 Å². The summed E-state index contributed by atoms with van der Waals surface area (Å²) >= 11 is 0. The van der Waals surface area contributed by atoms with Gasteiger partial charge in [-0.2, -0.15) is 0 Å². The molecule has 4 nitrogen and oxygen atoms in total. The molecular formula is C13H28N2O2. The van der Waals surface area contributed by atoms with Gasteiger partial charge in [0.25, 0.3) is 0 Å². The van der Waals surface area contributed by atoms with Crippen LogP contribution in [0.2, 0.25) is 0 Å². The molecule has 0 fully saturated rings. The molecule has 0 saturated carbocycles. The number of ether oxygens (including phenoxy) is 1. The molecule has 2 N–H and O–H groups in total. The summed E-state index contributed by atoms with van der Waals surface area (Å²) in [6.45, 7) is 8.39. The minimum atomic E-state index is 0.0862. The summed E-state index contributed by atoms with van der Waals surface area (Å²) in [6.07, 6.45) is 3.33. The number of carbonyl (C=O) groups is 1. The summed E-state index contributed by atoms with van der Waals surface area (Å²) in [5, 5.41) is 6.12. The Hall–Kier alpha value is -0.610. The van der Waals surface area contributed by atoms with Crippen LogP contribution in [0, 0.1) is 5.92 Å². The van der Waals surface area contributed by atoms with Crippen LogP contribution < -0.4 is 10.6 Å². The molecule has 0 aromatic rings. The Morgan fingerprint density at radius 3 is 2.47 bits per heavy atom. The molecule has 0 saturated heterocycles. The molecule has 1 atom stereocenters. The summed E-state index contributed by atoms with van der Waals surface area (Å²) in [6, 6.07) is 0.242. The van der Waals surface area contributed by atoms with E-state index >= 15 is 0 Å². The van der Waals surface area contributed by atoms with E-state index in [1.165, 1.54) is 0 Å². The van der Waals surface area contributed by atoms with Crippen molar-refractivity contribution in [3.05, 3.63) is 0 Å². The van der Waals surface area contributed by atoms with Gasteiger partial charge in [0.1, 0.15) is 0 Å². The van der Waals surface area contributed by atoms with Crippen molar-refractivity contribution in [1.29, 1.82) is 0 Å². The number of rotatable bonds is 10. The van der Waals surface area contributed by atoms with Gasteiger partial charge in [-0.25, -0.2) is 0 Å². The second-order valence-corrected chi connectivity index (χ2v) is 4.83. The number of unbranched alkanes of at least 4 members (excludes halogenated alkanes) is 2. The molecule has 0 radical (unpaired) electrons. The van der Waals surface area contributed by atoms with Crippen LogP contribution in [-0.4, -0.2) is 38.8 Å². The fraction of sp³-hybridized carbons (Fsp3) is 0.923. The minimum Gasteiger partial charge on any atom is -0.385 e. The number of amides is 1. The van der Waals surface area contributed by atoms with Gasteiger partial charge >= 0.3 is 0 Å². The maximum atomic E-state index is 11.5. The quantitative estimate of drug-likeness (QED) is 0.573. The van der Waals surface area contributed by atoms with E-state index in [1.807, 2.05) is 6.92 Å². The second kappa shape index (κ2) is 10.5. The highest BCUT2D eigenvalue weighted by atomic mass is 16.5. The minimum absolute atomic E-state index is 0.0862. The van der Waals surface area contributed by atoms with Crippen LogP contribution in [0.15, 0.2) is 0 Å². The standard InChI is InChI=1S/C13H28N2O2/c1-11(2)12(3)15-13(16)10-14-8-6-5-7-9-17-4/h11-12,14H,5-10H2,1-4H3,(H,15,16). The first kappa shape index (κ1) is 16.4. The van der Waals surface area contributed by atoms with Gasteiger partial charge in [0.05, 0.1) is 6.54 Å². The van der Waals surface area contributed by atoms with E-state index in [1.54, 1.807) is 7.11 Å². The van der Waals surface area contributed by atoms with E-state index in [0.29, 0.717) is 12.5 Å². The Labute approximate surface area is 105 Å². The van der Waals surface area contributed by atoms with Crippen LogP contribution in [0.4, 0.5) is 0 Å². The van der Waals surface area contributed by atoms with E-state index in [2.05, 4.69) is 24.5 Å². The van der Waals surface area contributed by atoms with E-state index in [-0.39, 0.29) is 11.9 Å². The lowest BCUT2D eigenvalue weighted by molar-refractivity contribution is -0.121. The van der Waals surface area contributed by atoms with Gasteiger partial charge in [0.15, 0.2) is 0 Å². The molecule has 1 unspecified atom stereocenters. The van der Waals surface area contributed by atoms with Crippen LogP contribution >= 0.6 is 0 Å². The zero-order valence-corrected chi connectivity index (χ0v) is 11.7. The molecule has 0 bridgehead atoms. The van der Waals surface area contributed by atoms with Crippen molar-refractivity contribution in [2.45, 2.75) is 46.1 Å². The van der Waals surface area contributed by atoms with Crippen molar-refractivity contribution < 1.29 is 9.53 Å². The summed E-state index contributed by atoms with van der Waals surface area (Å²) in [5.41, 5.74) is 0. The highest BCUT2D eigenvalue weighted by Crippen LogP contribution is 1.98. The maximum Gasteiger partial charge on any atom is 0.234 e. The largest absolute Gasteiger partial charge is 0.385 e. The van der Waals surface area contributed by atoms with Gasteiger partial charge in [0, 0.05) is 19.8 Å². The fourth-order valence-corrected chi connectivity index (χ4v) is 1.35. The highest BCUT2D eigenvalue weighted by Gasteiger charge is 2.09. The third-order valence-electron chi connectivity index (χ3n) is 2.88. The molecule has 4 heteroatoms. The van der Waals surface area contributed by atoms with Crippen LogP contribution in [0.1, 0.15) is 40.0 Å². The molecule has 1 amide bonds. The van der Waals surface area contributed by atoms with Gasteiger partial charge in [-0.1, -0.05) is 13.8 Å². The maximum absolute atomic E-state index is 11.5. The SMILES string of the molecule is COCCCCCNCC(=O)NC(C)C(C)C. The van der Waals surface area contributed by atoms with E-state index < -0.39 is 0 Å². The number of nitrogens with one attached hydrogen (secondary N) is 2. The molecule has 0 heterocycles. The molecule has 0 spiro atoms. The molecular weight excluding hydrogens is 216 g/mol. The lowest BCUT2D eigenvalue weighted by Gasteiger charge is -2.17. The fourth-order valence-electron chi connectivity index (χ4n) is 1.35. The lowest BCUT2D eigenvalue weighted by Crippen LogP contribution is -2.41. The summed E-state index contributed by atoms with van der Waals surface area (Å²) in [5.74, 6) is 0.566. The molecule has 0 aliphatic heterocycles. The Balaban J connectivity index is 3.33. The summed E-state index contributed by atoms with van der Waals surface area (Å²) < 4.78 is 4.97. The third kappa shape index (κ3) is 10.3. The third-order valence-corrected chi connectivity index (χ3v) is 2.88. The molecule has 0 aromatic carbocycles. The van der Waals surface area contributed by atoms with E-state index in [9.17, 15) is 4.79 Å².